The van der Waals surface area contributed by atoms with Crippen molar-refractivity contribution in [2.75, 3.05) is 0 Å². The second-order valence-electron chi connectivity index (χ2n) is 5.94. The fourth-order valence-electron chi connectivity index (χ4n) is 2.65. The van der Waals surface area contributed by atoms with Crippen molar-refractivity contribution in [1.29, 1.82) is 0 Å². The molecule has 0 saturated carbocycles. The number of aryl methyl sites for hydroxylation is 1. The number of nitrogens with one attached hydrogen (secondary N) is 1. The number of hydrogen-bond acceptors (Lipinski definition) is 6. The van der Waals surface area contributed by atoms with Crippen molar-refractivity contribution in [2.45, 2.75) is 19.9 Å². The first kappa shape index (κ1) is 17.2. The number of amides is 1. The number of carbonyl (C=O) groups is 1. The summed E-state index contributed by atoms with van der Waals surface area (Å²) in [6, 6.07) is 7.49. The SMILES string of the molecule is Cc1nccn1-c1cc(CNC(=O)Cc2csc(-c3ccco3)n2)ccn1. The molecule has 0 saturated heterocycles. The maximum absolute atomic E-state index is 12.2. The van der Waals surface area contributed by atoms with Gasteiger partial charge >= 0.3 is 0 Å². The van der Waals surface area contributed by atoms with E-state index in [0.29, 0.717) is 12.3 Å². The van der Waals surface area contributed by atoms with Crippen molar-refractivity contribution in [3.05, 3.63) is 71.6 Å². The number of nitrogens with zero attached hydrogens (tertiary/aromatic N) is 4. The van der Waals surface area contributed by atoms with E-state index >= 15 is 0 Å². The van der Waals surface area contributed by atoms with Crippen molar-refractivity contribution in [3.8, 4) is 16.6 Å². The standard InChI is InChI=1S/C19H17N5O2S/c1-13-20-6-7-24(13)17-9-14(4-5-21-17)11-22-18(25)10-15-12-27-19(23-15)16-3-2-8-26-16/h2-9,12H,10-11H2,1H3,(H,22,25). The first-order chi connectivity index (χ1) is 13.2. The lowest BCUT2D eigenvalue weighted by Gasteiger charge is -2.08. The summed E-state index contributed by atoms with van der Waals surface area (Å²) < 4.78 is 7.23. The highest BCUT2D eigenvalue weighted by atomic mass is 32.1. The van der Waals surface area contributed by atoms with Crippen LogP contribution in [0.5, 0.6) is 0 Å². The van der Waals surface area contributed by atoms with Crippen LogP contribution in [0.25, 0.3) is 16.6 Å². The van der Waals surface area contributed by atoms with E-state index in [2.05, 4.69) is 20.3 Å². The predicted octanol–water partition coefficient (Wildman–Crippen LogP) is 3.15. The van der Waals surface area contributed by atoms with Gasteiger partial charge in [0, 0.05) is 30.5 Å². The van der Waals surface area contributed by atoms with Gasteiger partial charge in [-0.2, -0.15) is 0 Å². The molecule has 136 valence electrons. The molecule has 0 radical (unpaired) electrons. The van der Waals surface area contributed by atoms with E-state index in [4.69, 9.17) is 4.42 Å². The Morgan fingerprint density at radius 1 is 1.30 bits per heavy atom. The molecular formula is C19H17N5O2S. The number of rotatable bonds is 6. The smallest absolute Gasteiger partial charge is 0.226 e. The summed E-state index contributed by atoms with van der Waals surface area (Å²) in [7, 11) is 0. The zero-order chi connectivity index (χ0) is 18.6. The Hall–Kier alpha value is -3.26. The third-order valence-corrected chi connectivity index (χ3v) is 4.90. The van der Waals surface area contributed by atoms with Gasteiger partial charge in [0.2, 0.25) is 5.91 Å². The second kappa shape index (κ2) is 7.55. The Morgan fingerprint density at radius 3 is 3.00 bits per heavy atom. The minimum atomic E-state index is -0.0801. The van der Waals surface area contributed by atoms with E-state index in [9.17, 15) is 4.79 Å². The molecule has 7 nitrogen and oxygen atoms in total. The maximum atomic E-state index is 12.2. The van der Waals surface area contributed by atoms with Crippen LogP contribution < -0.4 is 5.32 Å². The first-order valence-corrected chi connectivity index (χ1v) is 9.27. The molecule has 27 heavy (non-hydrogen) atoms. The van der Waals surface area contributed by atoms with Crippen molar-refractivity contribution in [1.82, 2.24) is 24.8 Å². The Kier molecular flexibility index (Phi) is 4.80. The quantitative estimate of drug-likeness (QED) is 0.556. The highest BCUT2D eigenvalue weighted by Gasteiger charge is 2.11. The minimum absolute atomic E-state index is 0.0801. The Morgan fingerprint density at radius 2 is 2.22 bits per heavy atom. The molecule has 0 fully saturated rings. The highest BCUT2D eigenvalue weighted by Crippen LogP contribution is 2.24. The van der Waals surface area contributed by atoms with Crippen LogP contribution >= 0.6 is 11.3 Å². The molecule has 0 spiro atoms. The molecule has 0 aliphatic rings. The molecule has 8 heteroatoms. The average molecular weight is 379 g/mol. The lowest BCUT2D eigenvalue weighted by Crippen LogP contribution is -2.24. The monoisotopic (exact) mass is 379 g/mol. The number of hydrogen-bond donors (Lipinski definition) is 1. The summed E-state index contributed by atoms with van der Waals surface area (Å²) in [6.45, 7) is 2.35. The fourth-order valence-corrected chi connectivity index (χ4v) is 3.44. The zero-order valence-corrected chi connectivity index (χ0v) is 15.4. The van der Waals surface area contributed by atoms with Gasteiger partial charge in [-0.3, -0.25) is 9.36 Å². The molecule has 0 bridgehead atoms. The number of imidazole rings is 1. The van der Waals surface area contributed by atoms with Crippen molar-refractivity contribution < 1.29 is 9.21 Å². The van der Waals surface area contributed by atoms with E-state index < -0.39 is 0 Å². The van der Waals surface area contributed by atoms with Gasteiger partial charge in [0.1, 0.15) is 11.6 Å². The lowest BCUT2D eigenvalue weighted by molar-refractivity contribution is -0.120. The first-order valence-electron chi connectivity index (χ1n) is 8.39. The van der Waals surface area contributed by atoms with Gasteiger partial charge in [0.05, 0.1) is 18.4 Å². The molecule has 0 aliphatic carbocycles. The van der Waals surface area contributed by atoms with Crippen LogP contribution in [0.4, 0.5) is 0 Å². The van der Waals surface area contributed by atoms with Gasteiger partial charge in [-0.1, -0.05) is 0 Å². The van der Waals surface area contributed by atoms with E-state index in [1.54, 1.807) is 18.7 Å². The van der Waals surface area contributed by atoms with E-state index in [0.717, 1.165) is 27.9 Å². The lowest BCUT2D eigenvalue weighted by atomic mass is 10.2. The van der Waals surface area contributed by atoms with E-state index in [1.807, 2.05) is 47.3 Å². The number of furan rings is 1. The average Bonchev–Trinajstić information content (AvgIpc) is 3.41. The second-order valence-corrected chi connectivity index (χ2v) is 6.80. The van der Waals surface area contributed by atoms with E-state index in [-0.39, 0.29) is 12.3 Å². The van der Waals surface area contributed by atoms with E-state index in [1.165, 1.54) is 11.3 Å². The molecule has 0 atom stereocenters. The number of pyridine rings is 1. The minimum Gasteiger partial charge on any atom is -0.462 e. The molecule has 4 heterocycles. The summed E-state index contributed by atoms with van der Waals surface area (Å²) in [5.41, 5.74) is 1.70. The predicted molar refractivity (Wildman–Crippen MR) is 101 cm³/mol. The normalized spacial score (nSPS) is 10.9. The molecule has 0 aromatic carbocycles. The van der Waals surface area contributed by atoms with Crippen LogP contribution in [-0.4, -0.2) is 25.4 Å². The van der Waals surface area contributed by atoms with Crippen molar-refractivity contribution in [2.24, 2.45) is 0 Å². The molecule has 4 aromatic rings. The number of aromatic nitrogens is 4. The summed E-state index contributed by atoms with van der Waals surface area (Å²) in [4.78, 5) is 25.3. The van der Waals surface area contributed by atoms with Gasteiger partial charge in [-0.25, -0.2) is 15.0 Å². The maximum Gasteiger partial charge on any atom is 0.226 e. The topological polar surface area (TPSA) is 85.8 Å². The fraction of sp³-hybridized carbons (Fsp3) is 0.158. The summed E-state index contributed by atoms with van der Waals surface area (Å²) in [5.74, 6) is 2.27. The number of carbonyl (C=O) groups excluding carboxylic acids is 1. The van der Waals surface area contributed by atoms with Crippen LogP contribution in [0.3, 0.4) is 0 Å². The molecule has 0 unspecified atom stereocenters. The summed E-state index contributed by atoms with van der Waals surface area (Å²) in [6.07, 6.45) is 7.16. The van der Waals surface area contributed by atoms with Crippen molar-refractivity contribution in [3.63, 3.8) is 0 Å². The third kappa shape index (κ3) is 3.95. The molecule has 4 rings (SSSR count). The van der Waals surface area contributed by atoms with Gasteiger partial charge in [-0.05, 0) is 36.8 Å². The van der Waals surface area contributed by atoms with Gasteiger partial charge < -0.3 is 9.73 Å². The third-order valence-electron chi connectivity index (χ3n) is 4.00. The molecule has 1 amide bonds. The Balaban J connectivity index is 1.36. The Labute approximate surface area is 159 Å². The molecule has 1 N–H and O–H groups in total. The Bertz CT molecular complexity index is 1050. The van der Waals surface area contributed by atoms with Crippen LogP contribution in [0.15, 0.2) is 58.9 Å². The largest absolute Gasteiger partial charge is 0.462 e. The van der Waals surface area contributed by atoms with Crippen LogP contribution in [-0.2, 0) is 17.8 Å². The van der Waals surface area contributed by atoms with Gasteiger partial charge in [0.25, 0.3) is 0 Å². The van der Waals surface area contributed by atoms with Gasteiger partial charge in [0.15, 0.2) is 10.8 Å². The molecule has 4 aromatic heterocycles. The zero-order valence-electron chi connectivity index (χ0n) is 14.6. The summed E-state index contributed by atoms with van der Waals surface area (Å²) in [5, 5.41) is 5.58. The highest BCUT2D eigenvalue weighted by molar-refractivity contribution is 7.13. The molecule has 0 aliphatic heterocycles. The van der Waals surface area contributed by atoms with Crippen molar-refractivity contribution >= 4 is 17.2 Å². The van der Waals surface area contributed by atoms with Crippen LogP contribution in [0.2, 0.25) is 0 Å². The van der Waals surface area contributed by atoms with Crippen LogP contribution in [0.1, 0.15) is 17.1 Å². The molecular weight excluding hydrogens is 362 g/mol. The summed E-state index contributed by atoms with van der Waals surface area (Å²) >= 11 is 1.46. The number of thiazole rings is 1. The van der Waals surface area contributed by atoms with Crippen LogP contribution in [0, 0.1) is 6.92 Å². The van der Waals surface area contributed by atoms with Gasteiger partial charge in [-0.15, -0.1) is 11.3 Å².